The zero-order valence-corrected chi connectivity index (χ0v) is 10.7. The molecule has 1 heterocycles. The number of rotatable bonds is 2. The number of hydrogen-bond donors (Lipinski definition) is 0. The van der Waals surface area contributed by atoms with Crippen molar-refractivity contribution in [1.82, 2.24) is 4.90 Å². The molecule has 88 valence electrons. The Labute approximate surface area is 104 Å². The van der Waals surface area contributed by atoms with Gasteiger partial charge in [-0.2, -0.15) is 0 Å². The standard InChI is InChI=1S/C12H15BrFNO/c13-12-8-11(14)3-2-10(12)9-15-4-1-6-16-7-5-15/h2-3,8H,1,4-7,9H2. The summed E-state index contributed by atoms with van der Waals surface area (Å²) in [6.07, 6.45) is 1.07. The second-order valence-corrected chi connectivity index (χ2v) is 4.83. The summed E-state index contributed by atoms with van der Waals surface area (Å²) in [6.45, 7) is 4.48. The van der Waals surface area contributed by atoms with E-state index in [1.807, 2.05) is 6.07 Å². The molecule has 1 aliphatic rings. The van der Waals surface area contributed by atoms with Gasteiger partial charge in [0.25, 0.3) is 0 Å². The molecular formula is C12H15BrFNO. The van der Waals surface area contributed by atoms with Crippen LogP contribution in [0.3, 0.4) is 0 Å². The molecule has 2 nitrogen and oxygen atoms in total. The minimum Gasteiger partial charge on any atom is -0.380 e. The van der Waals surface area contributed by atoms with Gasteiger partial charge in [-0.1, -0.05) is 22.0 Å². The Bertz CT molecular complexity index is 351. The predicted octanol–water partition coefficient (Wildman–Crippen LogP) is 2.81. The number of halogens is 2. The van der Waals surface area contributed by atoms with Crippen molar-refractivity contribution in [1.29, 1.82) is 0 Å². The molecule has 0 aliphatic carbocycles. The van der Waals surface area contributed by atoms with Crippen LogP contribution in [0.2, 0.25) is 0 Å². The summed E-state index contributed by atoms with van der Waals surface area (Å²) in [5.41, 5.74) is 1.13. The molecule has 0 bridgehead atoms. The van der Waals surface area contributed by atoms with Gasteiger partial charge in [-0.25, -0.2) is 4.39 Å². The summed E-state index contributed by atoms with van der Waals surface area (Å²) >= 11 is 3.40. The van der Waals surface area contributed by atoms with Gasteiger partial charge < -0.3 is 4.74 Å². The first-order chi connectivity index (χ1) is 7.75. The minimum atomic E-state index is -0.199. The van der Waals surface area contributed by atoms with Crippen LogP contribution in [0, 0.1) is 5.82 Å². The van der Waals surface area contributed by atoms with Gasteiger partial charge in [0, 0.05) is 30.7 Å². The predicted molar refractivity (Wildman–Crippen MR) is 64.8 cm³/mol. The zero-order valence-electron chi connectivity index (χ0n) is 9.09. The average Bonchev–Trinajstić information content (AvgIpc) is 2.51. The van der Waals surface area contributed by atoms with Crippen molar-refractivity contribution in [2.75, 3.05) is 26.3 Å². The molecule has 0 amide bonds. The van der Waals surface area contributed by atoms with Crippen LogP contribution in [0.25, 0.3) is 0 Å². The van der Waals surface area contributed by atoms with E-state index in [9.17, 15) is 4.39 Å². The molecule has 1 aliphatic heterocycles. The van der Waals surface area contributed by atoms with Crippen LogP contribution < -0.4 is 0 Å². The largest absolute Gasteiger partial charge is 0.380 e. The van der Waals surface area contributed by atoms with Gasteiger partial charge in [-0.3, -0.25) is 4.90 Å². The Morgan fingerprint density at radius 1 is 1.31 bits per heavy atom. The lowest BCUT2D eigenvalue weighted by Gasteiger charge is -2.19. The summed E-state index contributed by atoms with van der Waals surface area (Å²) < 4.78 is 19.2. The van der Waals surface area contributed by atoms with E-state index >= 15 is 0 Å². The molecule has 0 saturated carbocycles. The lowest BCUT2D eigenvalue weighted by atomic mass is 10.2. The van der Waals surface area contributed by atoms with E-state index < -0.39 is 0 Å². The van der Waals surface area contributed by atoms with Crippen LogP contribution in [0.15, 0.2) is 22.7 Å². The summed E-state index contributed by atoms with van der Waals surface area (Å²) in [6, 6.07) is 4.86. The molecule has 1 aromatic rings. The number of hydrogen-bond acceptors (Lipinski definition) is 2. The molecule has 0 spiro atoms. The van der Waals surface area contributed by atoms with Gasteiger partial charge in [-0.15, -0.1) is 0 Å². The SMILES string of the molecule is Fc1ccc(CN2CCCOCC2)c(Br)c1. The zero-order chi connectivity index (χ0) is 11.4. The highest BCUT2D eigenvalue weighted by atomic mass is 79.9. The van der Waals surface area contributed by atoms with Crippen LogP contribution in [0.4, 0.5) is 4.39 Å². The maximum Gasteiger partial charge on any atom is 0.124 e. The van der Waals surface area contributed by atoms with E-state index in [1.54, 1.807) is 0 Å². The van der Waals surface area contributed by atoms with Crippen molar-refractivity contribution in [2.45, 2.75) is 13.0 Å². The Morgan fingerprint density at radius 2 is 2.19 bits per heavy atom. The molecule has 1 aromatic carbocycles. The summed E-state index contributed by atoms with van der Waals surface area (Å²) in [4.78, 5) is 2.34. The smallest absolute Gasteiger partial charge is 0.124 e. The Kier molecular flexibility index (Phi) is 4.32. The molecule has 0 aromatic heterocycles. The third kappa shape index (κ3) is 3.27. The molecule has 2 rings (SSSR count). The van der Waals surface area contributed by atoms with Gasteiger partial charge in [0.15, 0.2) is 0 Å². The van der Waals surface area contributed by atoms with Crippen molar-refractivity contribution < 1.29 is 9.13 Å². The first-order valence-electron chi connectivity index (χ1n) is 5.50. The molecule has 0 radical (unpaired) electrons. The van der Waals surface area contributed by atoms with E-state index in [0.29, 0.717) is 0 Å². The van der Waals surface area contributed by atoms with Gasteiger partial charge in [-0.05, 0) is 24.1 Å². The van der Waals surface area contributed by atoms with Crippen LogP contribution >= 0.6 is 15.9 Å². The number of nitrogens with zero attached hydrogens (tertiary/aromatic N) is 1. The topological polar surface area (TPSA) is 12.5 Å². The minimum absolute atomic E-state index is 0.199. The van der Waals surface area contributed by atoms with E-state index in [0.717, 1.165) is 49.3 Å². The molecule has 0 atom stereocenters. The van der Waals surface area contributed by atoms with Crippen molar-refractivity contribution in [3.63, 3.8) is 0 Å². The Balaban J connectivity index is 2.01. The lowest BCUT2D eigenvalue weighted by molar-refractivity contribution is 0.140. The van der Waals surface area contributed by atoms with Crippen molar-refractivity contribution in [3.05, 3.63) is 34.1 Å². The second-order valence-electron chi connectivity index (χ2n) is 3.98. The fourth-order valence-corrected chi connectivity index (χ4v) is 2.32. The van der Waals surface area contributed by atoms with E-state index in [2.05, 4.69) is 20.8 Å². The maximum absolute atomic E-state index is 12.9. The van der Waals surface area contributed by atoms with Crippen molar-refractivity contribution in [3.8, 4) is 0 Å². The fourth-order valence-electron chi connectivity index (χ4n) is 1.85. The van der Waals surface area contributed by atoms with E-state index in [4.69, 9.17) is 4.74 Å². The highest BCUT2D eigenvalue weighted by Crippen LogP contribution is 2.20. The normalized spacial score (nSPS) is 18.4. The molecular weight excluding hydrogens is 273 g/mol. The Morgan fingerprint density at radius 3 is 3.00 bits per heavy atom. The summed E-state index contributed by atoms with van der Waals surface area (Å²) in [5, 5.41) is 0. The van der Waals surface area contributed by atoms with Gasteiger partial charge in [0.05, 0.1) is 6.61 Å². The monoisotopic (exact) mass is 287 g/mol. The van der Waals surface area contributed by atoms with E-state index in [-0.39, 0.29) is 5.82 Å². The molecule has 1 saturated heterocycles. The quantitative estimate of drug-likeness (QED) is 0.829. The Hall–Kier alpha value is -0.450. The van der Waals surface area contributed by atoms with Crippen molar-refractivity contribution in [2.24, 2.45) is 0 Å². The molecule has 1 fully saturated rings. The molecule has 16 heavy (non-hydrogen) atoms. The van der Waals surface area contributed by atoms with Gasteiger partial charge >= 0.3 is 0 Å². The highest BCUT2D eigenvalue weighted by molar-refractivity contribution is 9.10. The highest BCUT2D eigenvalue weighted by Gasteiger charge is 2.11. The maximum atomic E-state index is 12.9. The van der Waals surface area contributed by atoms with Gasteiger partial charge in [0.2, 0.25) is 0 Å². The van der Waals surface area contributed by atoms with Crippen LogP contribution in [-0.4, -0.2) is 31.2 Å². The molecule has 0 N–H and O–H groups in total. The molecule has 0 unspecified atom stereocenters. The van der Waals surface area contributed by atoms with Crippen molar-refractivity contribution >= 4 is 15.9 Å². The third-order valence-electron chi connectivity index (χ3n) is 2.72. The second kappa shape index (κ2) is 5.75. The molecule has 4 heteroatoms. The van der Waals surface area contributed by atoms with Crippen LogP contribution in [0.5, 0.6) is 0 Å². The third-order valence-corrected chi connectivity index (χ3v) is 3.46. The fraction of sp³-hybridized carbons (Fsp3) is 0.500. The number of ether oxygens (including phenoxy) is 1. The van der Waals surface area contributed by atoms with E-state index in [1.165, 1.54) is 12.1 Å². The van der Waals surface area contributed by atoms with Gasteiger partial charge in [0.1, 0.15) is 5.82 Å². The first-order valence-corrected chi connectivity index (χ1v) is 6.29. The average molecular weight is 288 g/mol. The van der Waals surface area contributed by atoms with Crippen LogP contribution in [-0.2, 0) is 11.3 Å². The summed E-state index contributed by atoms with van der Waals surface area (Å²) in [7, 11) is 0. The van der Waals surface area contributed by atoms with Crippen LogP contribution in [0.1, 0.15) is 12.0 Å². The lowest BCUT2D eigenvalue weighted by Crippen LogP contribution is -2.25. The summed E-state index contributed by atoms with van der Waals surface area (Å²) in [5.74, 6) is -0.199. The number of benzene rings is 1. The first kappa shape index (κ1) is 12.0.